The van der Waals surface area contributed by atoms with E-state index in [0.29, 0.717) is 0 Å². The maximum absolute atomic E-state index is 12.7. The van der Waals surface area contributed by atoms with E-state index in [4.69, 9.17) is 74.0 Å². The third kappa shape index (κ3) is 11.2. The van der Waals surface area contributed by atoms with Crippen LogP contribution >= 0.6 is 0 Å². The van der Waals surface area contributed by atoms with E-state index in [1.165, 1.54) is 14.0 Å². The van der Waals surface area contributed by atoms with Crippen LogP contribution in [0.5, 0.6) is 0 Å². The van der Waals surface area contributed by atoms with Crippen molar-refractivity contribution >= 4 is 12.4 Å². The Morgan fingerprint density at radius 1 is 0.591 bits per heavy atom. The van der Waals surface area contributed by atoms with Gasteiger partial charge in [0.1, 0.15) is 48.8 Å². The molecule has 5 saturated heterocycles. The number of carboxylic acid groups (broad SMARTS) is 1. The molecule has 0 radical (unpaired) electrons. The summed E-state index contributed by atoms with van der Waals surface area (Å²) in [6, 6.07) is 6.37. The number of nitrogens with two attached hydrogens (primary N) is 3. The summed E-state index contributed by atoms with van der Waals surface area (Å²) in [5.41, 5.74) is 20.2. The van der Waals surface area contributed by atoms with Crippen molar-refractivity contribution in [3.63, 3.8) is 0 Å². The van der Waals surface area contributed by atoms with Crippen LogP contribution in [0.3, 0.4) is 0 Å². The molecule has 1 aromatic rings. The third-order valence-corrected chi connectivity index (χ3v) is 13.9. The smallest absolute Gasteiger partial charge is 0.335 e. The van der Waals surface area contributed by atoms with Crippen LogP contribution in [0, 0.1) is 29.6 Å². The molecule has 25 atom stereocenters. The molecule has 5 fully saturated rings. The van der Waals surface area contributed by atoms with Gasteiger partial charge in [-0.1, -0.05) is 65.0 Å². The minimum atomic E-state index is -1.78. The van der Waals surface area contributed by atoms with Crippen molar-refractivity contribution in [3.05, 3.63) is 35.9 Å². The number of carbonyl (C=O) groups is 2. The lowest BCUT2D eigenvalue weighted by molar-refractivity contribution is -0.390. The van der Waals surface area contributed by atoms with Gasteiger partial charge in [-0.15, -0.1) is 0 Å². The number of carboxylic acids is 1. The lowest BCUT2D eigenvalue weighted by Gasteiger charge is -2.50. The standard InChI is InChI=1S/C43H69N3O20/c1-17-18(2)26(44)39(58-23(17)12-47)63-34-21(5)33(56-15-22-10-8-7-9-11-22)43(66-42(34)57-16-50)64-35-25(14-49)60-40(28(46)30(35)52)62-32-20(4)29(51)41(65-36(32)37(53)54)61-31-19(3)27(45)38(55-6)59-24(31)13-48/h7-11,16-21,23-36,38-43,47-49,51-52H,12-15,44-46H2,1-6H3,(H,53,54)/t17-,18-,19+,20+,21+,23?,24?,25?,26?,27?,28?,29?,30+,31-,32-,33?,34-,35+,36?,38-,39-,40+,41+,42?,43+/m0/s1. The Morgan fingerprint density at radius 2 is 1.15 bits per heavy atom. The lowest BCUT2D eigenvalue weighted by atomic mass is 9.82. The number of aliphatic hydroxyl groups excluding tert-OH is 5. The monoisotopic (exact) mass is 947 g/mol. The Hall–Kier alpha value is -2.60. The van der Waals surface area contributed by atoms with Crippen molar-refractivity contribution in [2.24, 2.45) is 46.8 Å². The summed E-state index contributed by atoms with van der Waals surface area (Å²) in [5, 5.41) is 64.4. The molecule has 23 nitrogen and oxygen atoms in total. The molecule has 5 aliphatic rings. The Morgan fingerprint density at radius 3 is 1.77 bits per heavy atom. The normalized spacial score (nSPS) is 46.7. The topological polar surface area (TPSA) is 344 Å². The minimum Gasteiger partial charge on any atom is -0.479 e. The van der Waals surface area contributed by atoms with Gasteiger partial charge < -0.3 is 105 Å². The first-order valence-electron chi connectivity index (χ1n) is 22.3. The van der Waals surface area contributed by atoms with E-state index < -0.39 is 160 Å². The van der Waals surface area contributed by atoms with Gasteiger partial charge in [-0.25, -0.2) is 4.79 Å². The number of aliphatic hydroxyl groups is 5. The summed E-state index contributed by atoms with van der Waals surface area (Å²) in [7, 11) is 1.40. The zero-order chi connectivity index (χ0) is 48.1. The molecule has 0 amide bonds. The average molecular weight is 948 g/mol. The van der Waals surface area contributed by atoms with Crippen LogP contribution in [-0.4, -0.2) is 193 Å². The highest BCUT2D eigenvalue weighted by Crippen LogP contribution is 2.40. The SMILES string of the molecule is CO[C@H]1OC(CO)[C@@H](O[C@@H]2OC(C(=O)O)[C@@H](O[C@H]3OC(CO)[C@@H](O[C@@H]4OC(OC=O)[C@@H](O[C@@H]5OC(CO)[C@@H](C)[C@H](C)C5N)[C@H](C)C4OCc4ccccc4)[C@H](O)C3N)[C@H](C)C2O)[C@H](C)C1N. The second-order valence-corrected chi connectivity index (χ2v) is 18.0. The number of carbonyl (C=O) groups excluding carboxylic acids is 1. The molecular formula is C43H69N3O20. The first kappa shape index (κ1) is 52.8. The summed E-state index contributed by atoms with van der Waals surface area (Å²) in [6.45, 7) is 7.45. The van der Waals surface area contributed by atoms with Crippen LogP contribution < -0.4 is 17.2 Å². The molecule has 5 aliphatic heterocycles. The number of rotatable bonds is 18. The highest BCUT2D eigenvalue weighted by atomic mass is 16.8. The van der Waals surface area contributed by atoms with Gasteiger partial charge in [0.05, 0.1) is 56.8 Å². The van der Waals surface area contributed by atoms with E-state index in [0.717, 1.165) is 5.56 Å². The van der Waals surface area contributed by atoms with Crippen LogP contribution in [0.1, 0.15) is 40.2 Å². The largest absolute Gasteiger partial charge is 0.479 e. The van der Waals surface area contributed by atoms with Crippen LogP contribution in [0.15, 0.2) is 30.3 Å². The first-order chi connectivity index (χ1) is 31.5. The predicted octanol–water partition coefficient (Wildman–Crippen LogP) is -2.54. The van der Waals surface area contributed by atoms with Crippen molar-refractivity contribution in [2.45, 2.75) is 164 Å². The summed E-state index contributed by atoms with van der Waals surface area (Å²) >= 11 is 0. The number of benzene rings is 1. The van der Waals surface area contributed by atoms with Gasteiger partial charge in [0.15, 0.2) is 37.6 Å². The molecule has 0 aliphatic carbocycles. The van der Waals surface area contributed by atoms with E-state index in [1.807, 2.05) is 44.2 Å². The second-order valence-electron chi connectivity index (χ2n) is 18.0. The lowest BCUT2D eigenvalue weighted by Crippen LogP contribution is -2.68. The number of aliphatic carboxylic acids is 1. The molecule has 0 saturated carbocycles. The molecule has 376 valence electrons. The van der Waals surface area contributed by atoms with Gasteiger partial charge in [0.25, 0.3) is 6.47 Å². The maximum Gasteiger partial charge on any atom is 0.335 e. The van der Waals surface area contributed by atoms with E-state index >= 15 is 0 Å². The first-order valence-corrected chi connectivity index (χ1v) is 22.3. The van der Waals surface area contributed by atoms with Crippen molar-refractivity contribution < 1.29 is 97.1 Å². The van der Waals surface area contributed by atoms with Crippen molar-refractivity contribution in [1.82, 2.24) is 0 Å². The van der Waals surface area contributed by atoms with Crippen molar-refractivity contribution in [2.75, 3.05) is 26.9 Å². The molecule has 6 rings (SSSR count). The van der Waals surface area contributed by atoms with E-state index in [9.17, 15) is 40.2 Å². The van der Waals surface area contributed by atoms with Crippen molar-refractivity contribution in [1.29, 1.82) is 0 Å². The zero-order valence-corrected chi connectivity index (χ0v) is 37.9. The maximum atomic E-state index is 12.7. The average Bonchev–Trinajstić information content (AvgIpc) is 3.31. The van der Waals surface area contributed by atoms with E-state index in [-0.39, 0.29) is 31.5 Å². The van der Waals surface area contributed by atoms with Crippen LogP contribution in [0.25, 0.3) is 0 Å². The Labute approximate surface area is 382 Å². The van der Waals surface area contributed by atoms with Crippen LogP contribution in [-0.2, 0) is 73.0 Å². The molecule has 0 bridgehead atoms. The Kier molecular flexibility index (Phi) is 18.7. The predicted molar refractivity (Wildman–Crippen MR) is 223 cm³/mol. The molecule has 0 spiro atoms. The molecule has 66 heavy (non-hydrogen) atoms. The van der Waals surface area contributed by atoms with Crippen molar-refractivity contribution in [3.8, 4) is 0 Å². The number of ether oxygens (including phenoxy) is 12. The molecule has 12 N–H and O–H groups in total. The molecule has 23 heteroatoms. The fourth-order valence-electron chi connectivity index (χ4n) is 9.33. The zero-order valence-electron chi connectivity index (χ0n) is 37.9. The summed E-state index contributed by atoms with van der Waals surface area (Å²) < 4.78 is 72.0. The Balaban J connectivity index is 1.19. The fraction of sp³-hybridized carbons (Fsp3) is 0.814. The van der Waals surface area contributed by atoms with Gasteiger partial charge in [0.2, 0.25) is 6.29 Å². The van der Waals surface area contributed by atoms with E-state index in [1.54, 1.807) is 13.8 Å². The Bertz CT molecular complexity index is 1670. The number of hydrogen-bond donors (Lipinski definition) is 9. The molecule has 5 heterocycles. The molecule has 0 aromatic heterocycles. The van der Waals surface area contributed by atoms with Crippen LogP contribution in [0.2, 0.25) is 0 Å². The summed E-state index contributed by atoms with van der Waals surface area (Å²) in [6.07, 6.45) is -21.8. The minimum absolute atomic E-state index is 0.0512. The molecule has 10 unspecified atom stereocenters. The van der Waals surface area contributed by atoms with Gasteiger partial charge in [-0.2, -0.15) is 0 Å². The highest BCUT2D eigenvalue weighted by molar-refractivity contribution is 5.73. The summed E-state index contributed by atoms with van der Waals surface area (Å²) in [4.78, 5) is 24.6. The summed E-state index contributed by atoms with van der Waals surface area (Å²) in [5.74, 6) is -3.97. The number of hydrogen-bond acceptors (Lipinski definition) is 22. The van der Waals surface area contributed by atoms with E-state index in [2.05, 4.69) is 0 Å². The quantitative estimate of drug-likeness (QED) is 0.0685. The van der Waals surface area contributed by atoms with Gasteiger partial charge in [0, 0.05) is 24.9 Å². The molecule has 1 aromatic carbocycles. The van der Waals surface area contributed by atoms with Gasteiger partial charge in [-0.05, 0) is 17.4 Å². The third-order valence-electron chi connectivity index (χ3n) is 13.9. The fourth-order valence-corrected chi connectivity index (χ4v) is 9.33. The van der Waals surface area contributed by atoms with Gasteiger partial charge in [-0.3, -0.25) is 4.79 Å². The highest BCUT2D eigenvalue weighted by Gasteiger charge is 2.56. The number of methoxy groups -OCH3 is 1. The van der Waals surface area contributed by atoms with Crippen LogP contribution in [0.4, 0.5) is 0 Å². The second kappa shape index (κ2) is 23.3. The van der Waals surface area contributed by atoms with Gasteiger partial charge >= 0.3 is 5.97 Å². The molecular weight excluding hydrogens is 878 g/mol.